The molecule has 0 radical (unpaired) electrons. The molecule has 2 atom stereocenters. The second kappa shape index (κ2) is 4.81. The quantitative estimate of drug-likeness (QED) is 0.707. The first kappa shape index (κ1) is 13.5. The first-order valence-electron chi connectivity index (χ1n) is 5.43. The van der Waals surface area contributed by atoms with Gasteiger partial charge in [0.1, 0.15) is 0 Å². The lowest BCUT2D eigenvalue weighted by Gasteiger charge is -2.18. The predicted octanol–water partition coefficient (Wildman–Crippen LogP) is 3.56. The largest absolute Gasteiger partial charge is 0.483 e. The average molecular weight is 200 g/mol. The van der Waals surface area contributed by atoms with E-state index >= 15 is 0 Å². The van der Waals surface area contributed by atoms with E-state index in [9.17, 15) is 0 Å². The molecule has 0 heterocycles. The van der Waals surface area contributed by atoms with Crippen LogP contribution < -0.4 is 0 Å². The smallest absolute Gasteiger partial charge is 0.290 e. The van der Waals surface area contributed by atoms with Gasteiger partial charge >= 0.3 is 0 Å². The molecule has 0 aromatic heterocycles. The van der Waals surface area contributed by atoms with Crippen LogP contribution in [0.4, 0.5) is 0 Å². The van der Waals surface area contributed by atoms with Crippen molar-refractivity contribution in [1.29, 1.82) is 0 Å². The summed E-state index contributed by atoms with van der Waals surface area (Å²) >= 11 is 0. The second-order valence-corrected chi connectivity index (χ2v) is 5.36. The number of rotatable bonds is 3. The molecule has 14 heavy (non-hydrogen) atoms. The molecule has 2 nitrogen and oxygen atoms in total. The average Bonchev–Trinajstić information content (AvgIpc) is 2.54. The van der Waals surface area contributed by atoms with Crippen molar-refractivity contribution in [1.82, 2.24) is 0 Å². The van der Waals surface area contributed by atoms with Crippen LogP contribution in [-0.2, 0) is 4.79 Å². The van der Waals surface area contributed by atoms with Gasteiger partial charge in [-0.15, -0.1) is 0 Å². The summed E-state index contributed by atoms with van der Waals surface area (Å²) in [4.78, 5) is 8.36. The first-order valence-corrected chi connectivity index (χ1v) is 5.43. The van der Waals surface area contributed by atoms with Crippen LogP contribution in [0.1, 0.15) is 53.9 Å². The molecule has 0 bridgehead atoms. The van der Waals surface area contributed by atoms with Gasteiger partial charge in [0.25, 0.3) is 6.47 Å². The van der Waals surface area contributed by atoms with E-state index in [1.54, 1.807) is 0 Å². The number of hydrogen-bond acceptors (Lipinski definition) is 1. The Morgan fingerprint density at radius 1 is 1.36 bits per heavy atom. The summed E-state index contributed by atoms with van der Waals surface area (Å²) in [6.45, 7) is 11.6. The van der Waals surface area contributed by atoms with Crippen LogP contribution in [-0.4, -0.2) is 11.6 Å². The van der Waals surface area contributed by atoms with Gasteiger partial charge in [-0.3, -0.25) is 4.79 Å². The molecule has 0 spiro atoms. The Kier molecular flexibility index (Phi) is 4.63. The first-order chi connectivity index (χ1) is 6.35. The maximum Gasteiger partial charge on any atom is 0.290 e. The highest BCUT2D eigenvalue weighted by atomic mass is 16.3. The highest BCUT2D eigenvalue weighted by Gasteiger charge is 2.58. The molecule has 1 aliphatic carbocycles. The lowest BCUT2D eigenvalue weighted by atomic mass is 9.87. The number of carbonyl (C=O) groups is 1. The molecule has 2 heteroatoms. The fourth-order valence-electron chi connectivity index (χ4n) is 2.59. The van der Waals surface area contributed by atoms with Gasteiger partial charge < -0.3 is 5.11 Å². The Morgan fingerprint density at radius 3 is 2.00 bits per heavy atom. The van der Waals surface area contributed by atoms with Crippen LogP contribution in [0.15, 0.2) is 0 Å². The molecule has 84 valence electrons. The van der Waals surface area contributed by atoms with Crippen molar-refractivity contribution in [2.75, 3.05) is 0 Å². The SMILES string of the molecule is CCC1(C)CC1(C)CC(C)C.O=CO. The van der Waals surface area contributed by atoms with Crippen LogP contribution in [0, 0.1) is 16.7 Å². The maximum absolute atomic E-state index is 8.36. The van der Waals surface area contributed by atoms with Crippen molar-refractivity contribution in [3.05, 3.63) is 0 Å². The summed E-state index contributed by atoms with van der Waals surface area (Å²) in [5.41, 5.74) is 1.35. The number of hydrogen-bond donors (Lipinski definition) is 1. The van der Waals surface area contributed by atoms with Crippen LogP contribution in [0.5, 0.6) is 0 Å². The Labute approximate surface area is 87.7 Å². The van der Waals surface area contributed by atoms with Crippen molar-refractivity contribution >= 4 is 6.47 Å². The molecule has 0 aromatic carbocycles. The summed E-state index contributed by atoms with van der Waals surface area (Å²) in [5, 5.41) is 6.89. The lowest BCUT2D eigenvalue weighted by molar-refractivity contribution is -0.122. The summed E-state index contributed by atoms with van der Waals surface area (Å²) in [6, 6.07) is 0. The van der Waals surface area contributed by atoms with Gasteiger partial charge in [0, 0.05) is 0 Å². The molecule has 0 amide bonds. The van der Waals surface area contributed by atoms with E-state index in [2.05, 4.69) is 34.6 Å². The van der Waals surface area contributed by atoms with Crippen molar-refractivity contribution in [2.24, 2.45) is 16.7 Å². The normalized spacial score (nSPS) is 34.7. The monoisotopic (exact) mass is 200 g/mol. The minimum absolute atomic E-state index is 0.250. The fraction of sp³-hybridized carbons (Fsp3) is 0.917. The standard InChI is InChI=1S/C11H22.CH2O2/c1-6-10(4)8-11(10,5)7-9(2)3;2-1-3/h9H,6-8H2,1-5H3;1H,(H,2,3). The Hall–Kier alpha value is -0.530. The van der Waals surface area contributed by atoms with Gasteiger partial charge in [-0.1, -0.05) is 41.0 Å². The maximum atomic E-state index is 8.36. The third kappa shape index (κ3) is 3.00. The summed E-state index contributed by atoms with van der Waals surface area (Å²) < 4.78 is 0. The zero-order valence-electron chi connectivity index (χ0n) is 10.1. The third-order valence-corrected chi connectivity index (χ3v) is 3.75. The molecule has 1 N–H and O–H groups in total. The second-order valence-electron chi connectivity index (χ2n) is 5.36. The molecular weight excluding hydrogens is 176 g/mol. The number of carboxylic acid groups (broad SMARTS) is 1. The van der Waals surface area contributed by atoms with Crippen LogP contribution in [0.25, 0.3) is 0 Å². The van der Waals surface area contributed by atoms with Gasteiger partial charge in [-0.2, -0.15) is 0 Å². The molecule has 1 aliphatic rings. The summed E-state index contributed by atoms with van der Waals surface area (Å²) in [6.07, 6.45) is 4.22. The van der Waals surface area contributed by atoms with E-state index in [-0.39, 0.29) is 6.47 Å². The Morgan fingerprint density at radius 2 is 1.79 bits per heavy atom. The Bertz CT molecular complexity index is 189. The molecule has 0 aromatic rings. The van der Waals surface area contributed by atoms with E-state index in [1.165, 1.54) is 19.3 Å². The minimum Gasteiger partial charge on any atom is -0.483 e. The van der Waals surface area contributed by atoms with Crippen molar-refractivity contribution < 1.29 is 9.90 Å². The van der Waals surface area contributed by atoms with Gasteiger partial charge in [-0.05, 0) is 29.6 Å². The van der Waals surface area contributed by atoms with Gasteiger partial charge in [0.15, 0.2) is 0 Å². The molecule has 1 saturated carbocycles. The Balaban J connectivity index is 0.000000500. The molecule has 0 aliphatic heterocycles. The van der Waals surface area contributed by atoms with E-state index < -0.39 is 0 Å². The van der Waals surface area contributed by atoms with E-state index in [0.717, 1.165) is 5.92 Å². The predicted molar refractivity (Wildman–Crippen MR) is 59.3 cm³/mol. The third-order valence-electron chi connectivity index (χ3n) is 3.75. The highest BCUT2D eigenvalue weighted by Crippen LogP contribution is 2.68. The minimum atomic E-state index is -0.250. The molecule has 2 unspecified atom stereocenters. The van der Waals surface area contributed by atoms with Crippen molar-refractivity contribution in [3.63, 3.8) is 0 Å². The topological polar surface area (TPSA) is 37.3 Å². The van der Waals surface area contributed by atoms with E-state index in [4.69, 9.17) is 9.90 Å². The summed E-state index contributed by atoms with van der Waals surface area (Å²) in [5.74, 6) is 0.869. The van der Waals surface area contributed by atoms with Gasteiger partial charge in [0.2, 0.25) is 0 Å². The van der Waals surface area contributed by atoms with Crippen LogP contribution in [0.3, 0.4) is 0 Å². The molecule has 1 rings (SSSR count). The fourth-order valence-corrected chi connectivity index (χ4v) is 2.59. The van der Waals surface area contributed by atoms with Gasteiger partial charge in [0.05, 0.1) is 0 Å². The molecule has 1 fully saturated rings. The van der Waals surface area contributed by atoms with E-state index in [0.29, 0.717) is 10.8 Å². The van der Waals surface area contributed by atoms with Crippen molar-refractivity contribution in [2.45, 2.75) is 53.9 Å². The van der Waals surface area contributed by atoms with Crippen molar-refractivity contribution in [3.8, 4) is 0 Å². The van der Waals surface area contributed by atoms with E-state index in [1.807, 2.05) is 0 Å². The van der Waals surface area contributed by atoms with Gasteiger partial charge in [-0.25, -0.2) is 0 Å². The highest BCUT2D eigenvalue weighted by molar-refractivity contribution is 5.32. The van der Waals surface area contributed by atoms with Crippen LogP contribution in [0.2, 0.25) is 0 Å². The zero-order valence-corrected chi connectivity index (χ0v) is 10.1. The van der Waals surface area contributed by atoms with Crippen LogP contribution >= 0.6 is 0 Å². The lowest BCUT2D eigenvalue weighted by Crippen LogP contribution is -2.09. The zero-order chi connectivity index (χ0) is 11.4. The molecular formula is C12H24O2. The molecule has 0 saturated heterocycles. The summed E-state index contributed by atoms with van der Waals surface area (Å²) in [7, 11) is 0.